The molecule has 0 aromatic carbocycles. The normalized spacial score (nSPS) is 11.3. The Morgan fingerprint density at radius 3 is 2.80 bits per heavy atom. The van der Waals surface area contributed by atoms with Gasteiger partial charge in [0.05, 0.1) is 11.9 Å². The van der Waals surface area contributed by atoms with Crippen LogP contribution in [0, 0.1) is 0 Å². The fourth-order valence-corrected chi connectivity index (χ4v) is 1.89. The summed E-state index contributed by atoms with van der Waals surface area (Å²) in [5, 5.41) is 7.55. The van der Waals surface area contributed by atoms with Crippen LogP contribution in [0.25, 0.3) is 0 Å². The lowest BCUT2D eigenvalue weighted by Gasteiger charge is -2.21. The summed E-state index contributed by atoms with van der Waals surface area (Å²) in [5.74, 6) is 0. The van der Waals surface area contributed by atoms with E-state index in [1.165, 1.54) is 4.68 Å². The molecular formula is C14H25ClN4O. The van der Waals surface area contributed by atoms with E-state index >= 15 is 0 Å². The van der Waals surface area contributed by atoms with E-state index < -0.39 is 0 Å². The largest absolute Gasteiger partial charge is 0.381 e. The summed E-state index contributed by atoms with van der Waals surface area (Å²) in [5.41, 5.74) is 0.393. The lowest BCUT2D eigenvalue weighted by atomic mass is 10.3. The predicted molar refractivity (Wildman–Crippen MR) is 84.7 cm³/mol. The van der Waals surface area contributed by atoms with Gasteiger partial charge in [0.1, 0.15) is 5.02 Å². The average molecular weight is 301 g/mol. The van der Waals surface area contributed by atoms with Crippen LogP contribution in [-0.2, 0) is 6.54 Å². The Bertz CT molecular complexity index is 473. The zero-order chi connectivity index (χ0) is 15.1. The molecule has 0 atom stereocenters. The van der Waals surface area contributed by atoms with Crippen molar-refractivity contribution in [2.75, 3.05) is 25.5 Å². The third kappa shape index (κ3) is 4.80. The Morgan fingerprint density at radius 1 is 1.50 bits per heavy atom. The van der Waals surface area contributed by atoms with Crippen LogP contribution in [0.5, 0.6) is 0 Å². The Kier molecular flexibility index (Phi) is 7.02. The molecule has 0 amide bonds. The van der Waals surface area contributed by atoms with Crippen molar-refractivity contribution >= 4 is 17.3 Å². The van der Waals surface area contributed by atoms with Gasteiger partial charge in [0.2, 0.25) is 0 Å². The highest BCUT2D eigenvalue weighted by atomic mass is 35.5. The quantitative estimate of drug-likeness (QED) is 0.801. The molecule has 114 valence electrons. The number of halogens is 1. The van der Waals surface area contributed by atoms with Crippen LogP contribution < -0.4 is 10.9 Å². The van der Waals surface area contributed by atoms with Crippen LogP contribution in [0.2, 0.25) is 5.02 Å². The van der Waals surface area contributed by atoms with Crippen LogP contribution in [-0.4, -0.2) is 40.9 Å². The molecule has 1 heterocycles. The molecule has 0 saturated heterocycles. The first-order valence-corrected chi connectivity index (χ1v) is 7.54. The van der Waals surface area contributed by atoms with E-state index in [0.29, 0.717) is 18.3 Å². The molecule has 1 N–H and O–H groups in total. The number of rotatable bonds is 8. The van der Waals surface area contributed by atoms with E-state index in [1.807, 2.05) is 0 Å². The van der Waals surface area contributed by atoms with Gasteiger partial charge in [-0.05, 0) is 27.3 Å². The highest BCUT2D eigenvalue weighted by Gasteiger charge is 2.09. The highest BCUT2D eigenvalue weighted by Crippen LogP contribution is 2.14. The molecule has 0 spiro atoms. The maximum absolute atomic E-state index is 12.0. The predicted octanol–water partition coefficient (Wildman–Crippen LogP) is 2.45. The molecule has 0 unspecified atom stereocenters. The third-order valence-electron chi connectivity index (χ3n) is 3.37. The number of hydrogen-bond acceptors (Lipinski definition) is 4. The molecule has 1 aromatic heterocycles. The Balaban J connectivity index is 2.64. The van der Waals surface area contributed by atoms with Gasteiger partial charge in [0.15, 0.2) is 0 Å². The monoisotopic (exact) mass is 300 g/mol. The number of nitrogens with one attached hydrogen (secondary N) is 1. The number of aromatic nitrogens is 2. The highest BCUT2D eigenvalue weighted by molar-refractivity contribution is 6.32. The van der Waals surface area contributed by atoms with Crippen molar-refractivity contribution in [3.05, 3.63) is 21.6 Å². The minimum atomic E-state index is -0.220. The third-order valence-corrected chi connectivity index (χ3v) is 3.74. The Morgan fingerprint density at radius 2 is 2.20 bits per heavy atom. The molecule has 0 aliphatic heterocycles. The van der Waals surface area contributed by atoms with Crippen molar-refractivity contribution in [1.82, 2.24) is 14.7 Å². The van der Waals surface area contributed by atoms with E-state index in [9.17, 15) is 4.79 Å². The minimum absolute atomic E-state index is 0.220. The summed E-state index contributed by atoms with van der Waals surface area (Å²) < 4.78 is 1.43. The second-order valence-electron chi connectivity index (χ2n) is 5.26. The van der Waals surface area contributed by atoms with E-state index in [1.54, 1.807) is 6.20 Å². The lowest BCUT2D eigenvalue weighted by Crippen LogP contribution is -2.31. The van der Waals surface area contributed by atoms with Gasteiger partial charge in [-0.1, -0.05) is 24.9 Å². The molecular weight excluding hydrogens is 276 g/mol. The summed E-state index contributed by atoms with van der Waals surface area (Å²) in [6, 6.07) is 0.493. The van der Waals surface area contributed by atoms with E-state index in [0.717, 1.165) is 25.9 Å². The molecule has 0 fully saturated rings. The Hall–Kier alpha value is -1.07. The van der Waals surface area contributed by atoms with E-state index in [2.05, 4.69) is 43.1 Å². The van der Waals surface area contributed by atoms with Crippen LogP contribution >= 0.6 is 11.6 Å². The zero-order valence-corrected chi connectivity index (χ0v) is 13.6. The number of anilines is 1. The molecule has 20 heavy (non-hydrogen) atoms. The first-order chi connectivity index (χ1) is 9.47. The molecule has 0 saturated carbocycles. The van der Waals surface area contributed by atoms with Gasteiger partial charge >= 0.3 is 0 Å². The van der Waals surface area contributed by atoms with Crippen molar-refractivity contribution in [2.45, 2.75) is 46.2 Å². The van der Waals surface area contributed by atoms with E-state index in [-0.39, 0.29) is 10.6 Å². The molecule has 0 aliphatic carbocycles. The number of unbranched alkanes of at least 4 members (excludes halogenated alkanes) is 1. The standard InChI is InChI=1S/C14H25ClN4O/c1-5-6-8-19-14(20)13(15)12(10-17-19)16-7-9-18(4)11(2)3/h10-11,16H,5-9H2,1-4H3. The topological polar surface area (TPSA) is 50.2 Å². The van der Waals surface area contributed by atoms with Crippen molar-refractivity contribution in [3.63, 3.8) is 0 Å². The first kappa shape index (κ1) is 17.0. The van der Waals surface area contributed by atoms with Gasteiger partial charge in [0, 0.05) is 25.7 Å². The zero-order valence-electron chi connectivity index (χ0n) is 12.8. The van der Waals surface area contributed by atoms with Crippen molar-refractivity contribution in [1.29, 1.82) is 0 Å². The molecule has 0 bridgehead atoms. The van der Waals surface area contributed by atoms with Gasteiger partial charge in [-0.2, -0.15) is 5.10 Å². The van der Waals surface area contributed by atoms with Crippen LogP contribution in [0.15, 0.2) is 11.0 Å². The summed E-state index contributed by atoms with van der Waals surface area (Å²) in [4.78, 5) is 14.2. The maximum atomic E-state index is 12.0. The maximum Gasteiger partial charge on any atom is 0.287 e. The second kappa shape index (κ2) is 8.27. The molecule has 5 nitrogen and oxygen atoms in total. The van der Waals surface area contributed by atoms with Crippen molar-refractivity contribution < 1.29 is 0 Å². The van der Waals surface area contributed by atoms with Crippen LogP contribution in [0.3, 0.4) is 0 Å². The van der Waals surface area contributed by atoms with Crippen LogP contribution in [0.4, 0.5) is 5.69 Å². The Labute approximate surface area is 125 Å². The summed E-state index contributed by atoms with van der Waals surface area (Å²) in [7, 11) is 2.06. The van der Waals surface area contributed by atoms with Gasteiger partial charge in [-0.3, -0.25) is 4.79 Å². The van der Waals surface area contributed by atoms with Gasteiger partial charge < -0.3 is 10.2 Å². The molecule has 1 rings (SSSR count). The number of hydrogen-bond donors (Lipinski definition) is 1. The number of likely N-dealkylation sites (N-methyl/N-ethyl adjacent to an activating group) is 1. The van der Waals surface area contributed by atoms with Gasteiger partial charge in [-0.25, -0.2) is 4.68 Å². The fraction of sp³-hybridized carbons (Fsp3) is 0.714. The van der Waals surface area contributed by atoms with Crippen LogP contribution in [0.1, 0.15) is 33.6 Å². The van der Waals surface area contributed by atoms with Gasteiger partial charge in [0.25, 0.3) is 5.56 Å². The minimum Gasteiger partial charge on any atom is -0.381 e. The SMILES string of the molecule is CCCCn1ncc(NCCN(C)C(C)C)c(Cl)c1=O. The molecule has 0 aliphatic rings. The van der Waals surface area contributed by atoms with Crippen molar-refractivity contribution in [3.8, 4) is 0 Å². The summed E-state index contributed by atoms with van der Waals surface area (Å²) in [6.07, 6.45) is 3.58. The molecule has 0 radical (unpaired) electrons. The lowest BCUT2D eigenvalue weighted by molar-refractivity contribution is 0.284. The molecule has 1 aromatic rings. The fourth-order valence-electron chi connectivity index (χ4n) is 1.68. The average Bonchev–Trinajstić information content (AvgIpc) is 2.42. The van der Waals surface area contributed by atoms with Crippen molar-refractivity contribution in [2.24, 2.45) is 0 Å². The smallest absolute Gasteiger partial charge is 0.287 e. The van der Waals surface area contributed by atoms with E-state index in [4.69, 9.17) is 11.6 Å². The number of nitrogens with zero attached hydrogens (tertiary/aromatic N) is 3. The van der Waals surface area contributed by atoms with Gasteiger partial charge in [-0.15, -0.1) is 0 Å². The first-order valence-electron chi connectivity index (χ1n) is 7.17. The summed E-state index contributed by atoms with van der Waals surface area (Å²) >= 11 is 6.11. The second-order valence-corrected chi connectivity index (χ2v) is 5.63. The molecule has 6 heteroatoms. The summed E-state index contributed by atoms with van der Waals surface area (Å²) in [6.45, 7) is 8.59. The number of aryl methyl sites for hydroxylation is 1.